The molecular formula is C13H30N2O. The third-order valence-electron chi connectivity index (χ3n) is 3.28. The number of methoxy groups -OCH3 is 1. The molecule has 0 aliphatic heterocycles. The zero-order chi connectivity index (χ0) is 12.8. The monoisotopic (exact) mass is 230 g/mol. The number of nitrogens with zero attached hydrogens (tertiary/aromatic N) is 1. The molecule has 0 heterocycles. The zero-order valence-corrected chi connectivity index (χ0v) is 11.9. The normalized spacial score (nSPS) is 16.5. The lowest BCUT2D eigenvalue weighted by Crippen LogP contribution is -2.42. The van der Waals surface area contributed by atoms with Crippen LogP contribution in [0.25, 0.3) is 0 Å². The van der Waals surface area contributed by atoms with Crippen molar-refractivity contribution in [2.45, 2.75) is 53.1 Å². The predicted molar refractivity (Wildman–Crippen MR) is 70.6 cm³/mol. The highest BCUT2D eigenvalue weighted by atomic mass is 16.5. The van der Waals surface area contributed by atoms with Crippen LogP contribution in [0.5, 0.6) is 0 Å². The van der Waals surface area contributed by atoms with E-state index in [4.69, 9.17) is 10.5 Å². The first-order valence-corrected chi connectivity index (χ1v) is 6.31. The highest BCUT2D eigenvalue weighted by Gasteiger charge is 2.21. The number of hydrogen-bond donors (Lipinski definition) is 1. The van der Waals surface area contributed by atoms with Crippen LogP contribution in [0.15, 0.2) is 0 Å². The van der Waals surface area contributed by atoms with Crippen molar-refractivity contribution in [2.75, 3.05) is 26.8 Å². The molecule has 2 unspecified atom stereocenters. The largest absolute Gasteiger partial charge is 0.383 e. The van der Waals surface area contributed by atoms with Gasteiger partial charge >= 0.3 is 0 Å². The average Bonchev–Trinajstić information content (AvgIpc) is 2.17. The molecule has 0 fully saturated rings. The van der Waals surface area contributed by atoms with Crippen molar-refractivity contribution in [1.82, 2.24) is 4.90 Å². The Morgan fingerprint density at radius 3 is 2.25 bits per heavy atom. The van der Waals surface area contributed by atoms with Crippen molar-refractivity contribution >= 4 is 0 Å². The molecule has 2 N–H and O–H groups in total. The summed E-state index contributed by atoms with van der Waals surface area (Å²) in [5.41, 5.74) is 6.37. The molecule has 0 aliphatic rings. The van der Waals surface area contributed by atoms with Crippen LogP contribution in [0.3, 0.4) is 0 Å². The highest BCUT2D eigenvalue weighted by Crippen LogP contribution is 2.20. The number of likely N-dealkylation sites (N-methyl/N-ethyl adjacent to an activating group) is 1. The Morgan fingerprint density at radius 1 is 1.31 bits per heavy atom. The number of ether oxygens (including phenoxy) is 1. The van der Waals surface area contributed by atoms with Gasteiger partial charge in [0, 0.05) is 19.2 Å². The minimum atomic E-state index is 0.198. The van der Waals surface area contributed by atoms with E-state index in [1.165, 1.54) is 0 Å². The van der Waals surface area contributed by atoms with Gasteiger partial charge in [0.15, 0.2) is 0 Å². The molecule has 0 aromatic rings. The van der Waals surface area contributed by atoms with Gasteiger partial charge in [-0.15, -0.1) is 0 Å². The Bertz CT molecular complexity index is 177. The minimum Gasteiger partial charge on any atom is -0.383 e. The number of hydrogen-bond acceptors (Lipinski definition) is 3. The Hall–Kier alpha value is -0.120. The fourth-order valence-corrected chi connectivity index (χ4v) is 1.77. The van der Waals surface area contributed by atoms with E-state index < -0.39 is 0 Å². The summed E-state index contributed by atoms with van der Waals surface area (Å²) in [4.78, 5) is 2.43. The van der Waals surface area contributed by atoms with E-state index in [1.54, 1.807) is 7.11 Å². The third kappa shape index (κ3) is 5.83. The maximum atomic E-state index is 6.17. The van der Waals surface area contributed by atoms with E-state index >= 15 is 0 Å². The van der Waals surface area contributed by atoms with Gasteiger partial charge in [-0.05, 0) is 31.8 Å². The van der Waals surface area contributed by atoms with Crippen LogP contribution < -0.4 is 5.73 Å². The Kier molecular flexibility index (Phi) is 7.20. The number of rotatable bonds is 7. The SMILES string of the molecule is CCN(CCC(N)C(C)(C)C)C(C)COC. The van der Waals surface area contributed by atoms with Crippen LogP contribution >= 0.6 is 0 Å². The van der Waals surface area contributed by atoms with Gasteiger partial charge in [-0.2, -0.15) is 0 Å². The second-order valence-electron chi connectivity index (χ2n) is 5.69. The summed E-state index contributed by atoms with van der Waals surface area (Å²) >= 11 is 0. The fraction of sp³-hybridized carbons (Fsp3) is 1.00. The van der Waals surface area contributed by atoms with Gasteiger partial charge in [0.1, 0.15) is 0 Å². The minimum absolute atomic E-state index is 0.198. The molecule has 0 radical (unpaired) electrons. The molecule has 0 aromatic carbocycles. The van der Waals surface area contributed by atoms with Crippen molar-refractivity contribution in [1.29, 1.82) is 0 Å². The van der Waals surface area contributed by atoms with Gasteiger partial charge in [0.25, 0.3) is 0 Å². The number of nitrogens with two attached hydrogens (primary N) is 1. The van der Waals surface area contributed by atoms with Gasteiger partial charge in [-0.25, -0.2) is 0 Å². The molecular weight excluding hydrogens is 200 g/mol. The molecule has 98 valence electrons. The molecule has 0 saturated heterocycles. The highest BCUT2D eigenvalue weighted by molar-refractivity contribution is 4.78. The molecule has 0 aliphatic carbocycles. The van der Waals surface area contributed by atoms with Gasteiger partial charge in [-0.1, -0.05) is 27.7 Å². The van der Waals surface area contributed by atoms with Crippen LogP contribution in [0.1, 0.15) is 41.0 Å². The average molecular weight is 230 g/mol. The topological polar surface area (TPSA) is 38.5 Å². The molecule has 0 aromatic heterocycles. The molecule has 3 heteroatoms. The summed E-state index contributed by atoms with van der Waals surface area (Å²) in [6, 6.07) is 0.735. The van der Waals surface area contributed by atoms with Crippen molar-refractivity contribution < 1.29 is 4.74 Å². The van der Waals surface area contributed by atoms with Gasteiger partial charge in [0.2, 0.25) is 0 Å². The van der Waals surface area contributed by atoms with Crippen molar-refractivity contribution in [2.24, 2.45) is 11.1 Å². The smallest absolute Gasteiger partial charge is 0.0615 e. The summed E-state index contributed by atoms with van der Waals surface area (Å²) < 4.78 is 5.19. The maximum absolute atomic E-state index is 6.17. The Labute approximate surface area is 101 Å². The molecule has 3 nitrogen and oxygen atoms in total. The van der Waals surface area contributed by atoms with E-state index in [1.807, 2.05) is 0 Å². The summed E-state index contributed by atoms with van der Waals surface area (Å²) in [7, 11) is 1.76. The first kappa shape index (κ1) is 15.9. The predicted octanol–water partition coefficient (Wildman–Crippen LogP) is 2.11. The summed E-state index contributed by atoms with van der Waals surface area (Å²) in [5.74, 6) is 0. The summed E-state index contributed by atoms with van der Waals surface area (Å²) in [5, 5.41) is 0. The first-order chi connectivity index (χ1) is 7.32. The molecule has 0 spiro atoms. The maximum Gasteiger partial charge on any atom is 0.0615 e. The summed E-state index contributed by atoms with van der Waals surface area (Å²) in [6.45, 7) is 13.9. The quantitative estimate of drug-likeness (QED) is 0.728. The van der Waals surface area contributed by atoms with Crippen LogP contribution in [-0.4, -0.2) is 43.8 Å². The van der Waals surface area contributed by atoms with Crippen LogP contribution in [0.4, 0.5) is 0 Å². The molecule has 2 atom stereocenters. The molecule has 0 bridgehead atoms. The van der Waals surface area contributed by atoms with Crippen LogP contribution in [0.2, 0.25) is 0 Å². The molecule has 16 heavy (non-hydrogen) atoms. The van der Waals surface area contributed by atoms with Crippen molar-refractivity contribution in [3.8, 4) is 0 Å². The zero-order valence-electron chi connectivity index (χ0n) is 11.9. The van der Waals surface area contributed by atoms with Crippen molar-refractivity contribution in [3.63, 3.8) is 0 Å². The molecule has 0 saturated carbocycles. The van der Waals surface area contributed by atoms with E-state index in [0.29, 0.717) is 6.04 Å². The second-order valence-corrected chi connectivity index (χ2v) is 5.69. The summed E-state index contributed by atoms with van der Waals surface area (Å²) in [6.07, 6.45) is 1.05. The molecule has 0 amide bonds. The van der Waals surface area contributed by atoms with E-state index in [9.17, 15) is 0 Å². The van der Waals surface area contributed by atoms with Gasteiger partial charge in [-0.3, -0.25) is 4.90 Å². The third-order valence-corrected chi connectivity index (χ3v) is 3.28. The van der Waals surface area contributed by atoms with Crippen molar-refractivity contribution in [3.05, 3.63) is 0 Å². The van der Waals surface area contributed by atoms with Crippen LogP contribution in [-0.2, 0) is 4.74 Å². The lowest BCUT2D eigenvalue weighted by Gasteiger charge is -2.32. The van der Waals surface area contributed by atoms with E-state index in [2.05, 4.69) is 39.5 Å². The van der Waals surface area contributed by atoms with E-state index in [0.717, 1.165) is 26.1 Å². The van der Waals surface area contributed by atoms with E-state index in [-0.39, 0.29) is 11.5 Å². The Balaban J connectivity index is 4.05. The lowest BCUT2D eigenvalue weighted by molar-refractivity contribution is 0.0972. The van der Waals surface area contributed by atoms with Gasteiger partial charge < -0.3 is 10.5 Å². The standard InChI is InChI=1S/C13H30N2O/c1-7-15(11(2)10-16-6)9-8-12(14)13(3,4)5/h11-12H,7-10,14H2,1-6H3. The first-order valence-electron chi connectivity index (χ1n) is 6.31. The molecule has 0 rings (SSSR count). The Morgan fingerprint density at radius 2 is 1.88 bits per heavy atom. The van der Waals surface area contributed by atoms with Crippen LogP contribution in [0, 0.1) is 5.41 Å². The fourth-order valence-electron chi connectivity index (χ4n) is 1.77. The lowest BCUT2D eigenvalue weighted by atomic mass is 9.85. The van der Waals surface area contributed by atoms with Gasteiger partial charge in [0.05, 0.1) is 6.61 Å². The second kappa shape index (κ2) is 7.25.